The molecule has 0 aromatic carbocycles. The first-order chi connectivity index (χ1) is 8.91. The molecule has 0 fully saturated rings. The van der Waals surface area contributed by atoms with E-state index in [9.17, 15) is 9.59 Å². The molecule has 1 atom stereocenters. The van der Waals surface area contributed by atoms with Crippen LogP contribution in [0.2, 0.25) is 0 Å². The molecule has 0 bridgehead atoms. The van der Waals surface area contributed by atoms with E-state index in [1.165, 1.54) is 6.92 Å². The molecule has 0 aliphatic carbocycles. The van der Waals surface area contributed by atoms with Crippen molar-refractivity contribution in [2.45, 2.75) is 26.4 Å². The third-order valence-corrected chi connectivity index (χ3v) is 4.63. The van der Waals surface area contributed by atoms with Crippen LogP contribution in [0.5, 0.6) is 0 Å². The molecule has 7 heteroatoms. The van der Waals surface area contributed by atoms with Crippen LogP contribution in [0.3, 0.4) is 0 Å². The summed E-state index contributed by atoms with van der Waals surface area (Å²) >= 11 is 5.02. The third kappa shape index (κ3) is 5.30. The lowest BCUT2D eigenvalue weighted by atomic mass is 10.2. The number of hydrogen-bond donors (Lipinski definition) is 2. The fourth-order valence-electron chi connectivity index (χ4n) is 1.56. The van der Waals surface area contributed by atoms with Crippen LogP contribution in [0.25, 0.3) is 0 Å². The number of nitrogens with zero attached hydrogens (tertiary/aromatic N) is 1. The van der Waals surface area contributed by atoms with Gasteiger partial charge in [-0.25, -0.2) is 0 Å². The largest absolute Gasteiger partial charge is 0.480 e. The number of carbonyl (C=O) groups excluding carboxylic acids is 1. The van der Waals surface area contributed by atoms with Gasteiger partial charge in [0.1, 0.15) is 6.04 Å². The molecule has 0 aliphatic rings. The Morgan fingerprint density at radius 1 is 1.58 bits per heavy atom. The standard InChI is InChI=1S/C12H17BrN2O3S/c1-8(12(17)18)15(5-4-14-9(2)16)7-11-10(13)3-6-19-11/h3,6,8H,4-5,7H2,1-2H3,(H,14,16)(H,17,18). The highest BCUT2D eigenvalue weighted by molar-refractivity contribution is 9.10. The second-order valence-corrected chi connectivity index (χ2v) is 6.01. The van der Waals surface area contributed by atoms with Crippen LogP contribution < -0.4 is 5.32 Å². The van der Waals surface area contributed by atoms with Gasteiger partial charge in [-0.05, 0) is 34.3 Å². The second-order valence-electron chi connectivity index (χ2n) is 4.16. The van der Waals surface area contributed by atoms with Crippen molar-refractivity contribution in [3.8, 4) is 0 Å². The van der Waals surface area contributed by atoms with Crippen molar-refractivity contribution in [1.82, 2.24) is 10.2 Å². The van der Waals surface area contributed by atoms with Crippen molar-refractivity contribution >= 4 is 39.1 Å². The molecule has 0 saturated carbocycles. The minimum absolute atomic E-state index is 0.111. The lowest BCUT2D eigenvalue weighted by molar-refractivity contribution is -0.142. The molecule has 5 nitrogen and oxygen atoms in total. The number of amides is 1. The van der Waals surface area contributed by atoms with Gasteiger partial charge in [-0.15, -0.1) is 11.3 Å². The lowest BCUT2D eigenvalue weighted by Gasteiger charge is -2.25. The highest BCUT2D eigenvalue weighted by atomic mass is 79.9. The Bertz CT molecular complexity index is 450. The van der Waals surface area contributed by atoms with Crippen molar-refractivity contribution in [3.63, 3.8) is 0 Å². The second kappa shape index (κ2) is 7.62. The van der Waals surface area contributed by atoms with Gasteiger partial charge in [-0.1, -0.05) is 0 Å². The van der Waals surface area contributed by atoms with Crippen LogP contribution in [-0.4, -0.2) is 41.0 Å². The number of halogens is 1. The molecule has 106 valence electrons. The number of rotatable bonds is 7. The van der Waals surface area contributed by atoms with Gasteiger partial charge in [0.05, 0.1) is 0 Å². The van der Waals surface area contributed by atoms with E-state index in [2.05, 4.69) is 21.2 Å². The summed E-state index contributed by atoms with van der Waals surface area (Å²) in [7, 11) is 0. The van der Waals surface area contributed by atoms with E-state index in [1.54, 1.807) is 18.3 Å². The first-order valence-corrected chi connectivity index (χ1v) is 7.52. The molecule has 1 aromatic rings. The van der Waals surface area contributed by atoms with Crippen LogP contribution in [-0.2, 0) is 16.1 Å². The van der Waals surface area contributed by atoms with E-state index < -0.39 is 12.0 Å². The van der Waals surface area contributed by atoms with E-state index in [0.717, 1.165) is 9.35 Å². The van der Waals surface area contributed by atoms with E-state index in [0.29, 0.717) is 19.6 Å². The van der Waals surface area contributed by atoms with Crippen LogP contribution in [0, 0.1) is 0 Å². The first-order valence-electron chi connectivity index (χ1n) is 5.85. The van der Waals surface area contributed by atoms with Gasteiger partial charge < -0.3 is 10.4 Å². The molecule has 1 rings (SSSR count). The van der Waals surface area contributed by atoms with Crippen molar-refractivity contribution in [2.75, 3.05) is 13.1 Å². The Morgan fingerprint density at radius 2 is 2.26 bits per heavy atom. The van der Waals surface area contributed by atoms with Crippen LogP contribution in [0.1, 0.15) is 18.7 Å². The summed E-state index contributed by atoms with van der Waals surface area (Å²) in [4.78, 5) is 24.9. The number of carboxylic acid groups (broad SMARTS) is 1. The average molecular weight is 349 g/mol. The number of nitrogens with one attached hydrogen (secondary N) is 1. The Balaban J connectivity index is 2.66. The average Bonchev–Trinajstić information content (AvgIpc) is 2.72. The zero-order valence-electron chi connectivity index (χ0n) is 10.9. The fraction of sp³-hybridized carbons (Fsp3) is 0.500. The van der Waals surface area contributed by atoms with E-state index >= 15 is 0 Å². The molecule has 0 saturated heterocycles. The normalized spacial score (nSPS) is 12.4. The summed E-state index contributed by atoms with van der Waals surface area (Å²) in [5, 5.41) is 13.8. The molecule has 1 heterocycles. The van der Waals surface area contributed by atoms with E-state index in [4.69, 9.17) is 5.11 Å². The summed E-state index contributed by atoms with van der Waals surface area (Å²) in [5.74, 6) is -0.976. The molecule has 1 amide bonds. The first kappa shape index (κ1) is 16.1. The minimum Gasteiger partial charge on any atom is -0.480 e. The van der Waals surface area contributed by atoms with Gasteiger partial charge in [0.25, 0.3) is 0 Å². The Labute approximate surface area is 124 Å². The summed E-state index contributed by atoms with van der Waals surface area (Å²) in [6.45, 7) is 4.58. The van der Waals surface area contributed by atoms with Gasteiger partial charge in [0.2, 0.25) is 5.91 Å². The summed E-state index contributed by atoms with van der Waals surface area (Å²) < 4.78 is 0.986. The van der Waals surface area contributed by atoms with Crippen LogP contribution >= 0.6 is 27.3 Å². The molecular weight excluding hydrogens is 332 g/mol. The Hall–Kier alpha value is -0.920. The molecule has 0 aliphatic heterocycles. The SMILES string of the molecule is CC(=O)NCCN(Cc1sccc1Br)C(C)C(=O)O. The predicted molar refractivity (Wildman–Crippen MR) is 78.2 cm³/mol. The maximum Gasteiger partial charge on any atom is 0.320 e. The van der Waals surface area contributed by atoms with Gasteiger partial charge in [0.15, 0.2) is 0 Å². The highest BCUT2D eigenvalue weighted by Gasteiger charge is 2.21. The number of hydrogen-bond acceptors (Lipinski definition) is 4. The lowest BCUT2D eigenvalue weighted by Crippen LogP contribution is -2.42. The van der Waals surface area contributed by atoms with Crippen molar-refractivity contribution in [2.24, 2.45) is 0 Å². The van der Waals surface area contributed by atoms with E-state index in [1.807, 2.05) is 16.3 Å². The van der Waals surface area contributed by atoms with E-state index in [-0.39, 0.29) is 5.91 Å². The zero-order chi connectivity index (χ0) is 14.4. The molecule has 1 unspecified atom stereocenters. The van der Waals surface area contributed by atoms with Gasteiger partial charge in [-0.2, -0.15) is 0 Å². The van der Waals surface area contributed by atoms with Gasteiger partial charge in [-0.3, -0.25) is 14.5 Å². The summed E-state index contributed by atoms with van der Waals surface area (Å²) in [6, 6.07) is 1.35. The quantitative estimate of drug-likeness (QED) is 0.789. The smallest absolute Gasteiger partial charge is 0.320 e. The van der Waals surface area contributed by atoms with Gasteiger partial charge >= 0.3 is 5.97 Å². The van der Waals surface area contributed by atoms with Crippen molar-refractivity contribution < 1.29 is 14.7 Å². The molecular formula is C12H17BrN2O3S. The fourth-order valence-corrected chi connectivity index (χ4v) is 3.07. The molecule has 19 heavy (non-hydrogen) atoms. The number of carboxylic acids is 1. The third-order valence-electron chi connectivity index (χ3n) is 2.72. The monoisotopic (exact) mass is 348 g/mol. The van der Waals surface area contributed by atoms with Crippen molar-refractivity contribution in [3.05, 3.63) is 20.8 Å². The molecule has 2 N–H and O–H groups in total. The Kier molecular flexibility index (Phi) is 6.47. The Morgan fingerprint density at radius 3 is 2.74 bits per heavy atom. The number of aliphatic carboxylic acids is 1. The van der Waals surface area contributed by atoms with Gasteiger partial charge in [0, 0.05) is 35.9 Å². The zero-order valence-corrected chi connectivity index (χ0v) is 13.3. The van der Waals surface area contributed by atoms with Crippen LogP contribution in [0.4, 0.5) is 0 Å². The molecule has 0 spiro atoms. The summed E-state index contributed by atoms with van der Waals surface area (Å²) in [5.41, 5.74) is 0. The maximum atomic E-state index is 11.1. The molecule has 0 radical (unpaired) electrons. The maximum absolute atomic E-state index is 11.1. The summed E-state index contributed by atoms with van der Waals surface area (Å²) in [6.07, 6.45) is 0. The number of carbonyl (C=O) groups is 2. The molecule has 1 aromatic heterocycles. The van der Waals surface area contributed by atoms with Crippen LogP contribution in [0.15, 0.2) is 15.9 Å². The van der Waals surface area contributed by atoms with Crippen molar-refractivity contribution in [1.29, 1.82) is 0 Å². The topological polar surface area (TPSA) is 69.6 Å². The minimum atomic E-state index is -0.865. The highest BCUT2D eigenvalue weighted by Crippen LogP contribution is 2.24. The predicted octanol–water partition coefficient (Wildman–Crippen LogP) is 1.92. The number of thiophene rings is 1.